The van der Waals surface area contributed by atoms with Crippen LogP contribution in [0.3, 0.4) is 0 Å². The van der Waals surface area contributed by atoms with E-state index in [1.165, 1.54) is 0 Å². The van der Waals surface area contributed by atoms with Crippen molar-refractivity contribution in [2.24, 2.45) is 16.3 Å². The highest BCUT2D eigenvalue weighted by Crippen LogP contribution is 2.46. The molecular weight excluding hydrogens is 326 g/mol. The highest BCUT2D eigenvalue weighted by atomic mass is 35.5. The van der Waals surface area contributed by atoms with Crippen molar-refractivity contribution in [3.63, 3.8) is 0 Å². The number of allylic oxidation sites excluding steroid dienone is 1. The summed E-state index contributed by atoms with van der Waals surface area (Å²) in [5, 5.41) is 10.3. The van der Waals surface area contributed by atoms with Gasteiger partial charge in [0.2, 0.25) is 0 Å². The summed E-state index contributed by atoms with van der Waals surface area (Å²) < 4.78 is 0. The number of rotatable bonds is 2. The molecule has 1 fully saturated rings. The number of fused-ring (bicyclic) bond motifs is 1. The molecule has 1 aromatic rings. The SMILES string of the molecule is CC1=C(C(=O)O)C(c2ccc(Cl)cc2)C2C(=O)CC(C)(C)CC2=N1. The maximum absolute atomic E-state index is 12.8. The number of carbonyl (C=O) groups is 2. The third-order valence-corrected chi connectivity index (χ3v) is 5.08. The Bertz CT molecular complexity index is 774. The van der Waals surface area contributed by atoms with Crippen LogP contribution in [0.15, 0.2) is 40.5 Å². The Balaban J connectivity index is 2.17. The van der Waals surface area contributed by atoms with E-state index in [0.717, 1.165) is 11.3 Å². The van der Waals surface area contributed by atoms with Crippen molar-refractivity contribution < 1.29 is 14.7 Å². The van der Waals surface area contributed by atoms with Gasteiger partial charge in [-0.05, 0) is 36.5 Å². The molecule has 2 atom stereocenters. The van der Waals surface area contributed by atoms with Gasteiger partial charge in [-0.15, -0.1) is 0 Å². The van der Waals surface area contributed by atoms with Crippen molar-refractivity contribution in [1.82, 2.24) is 0 Å². The Labute approximate surface area is 146 Å². The second kappa shape index (κ2) is 5.85. The average molecular weight is 346 g/mol. The second-order valence-corrected chi connectivity index (χ2v) is 7.83. The summed E-state index contributed by atoms with van der Waals surface area (Å²) in [7, 11) is 0. The number of halogens is 1. The summed E-state index contributed by atoms with van der Waals surface area (Å²) >= 11 is 5.96. The molecule has 4 nitrogen and oxygen atoms in total. The number of carbonyl (C=O) groups excluding carboxylic acids is 1. The monoisotopic (exact) mass is 345 g/mol. The number of hydrogen-bond acceptors (Lipinski definition) is 3. The minimum atomic E-state index is -1.02. The third-order valence-electron chi connectivity index (χ3n) is 4.82. The summed E-state index contributed by atoms with van der Waals surface area (Å²) in [6, 6.07) is 7.07. The molecule has 2 aliphatic rings. The molecule has 0 aromatic heterocycles. The number of hydrogen-bond donors (Lipinski definition) is 1. The zero-order chi connectivity index (χ0) is 17.6. The first-order valence-electron chi connectivity index (χ1n) is 7.99. The Morgan fingerprint density at radius 1 is 1.21 bits per heavy atom. The maximum Gasteiger partial charge on any atom is 0.334 e. The Kier molecular flexibility index (Phi) is 4.12. The van der Waals surface area contributed by atoms with Crippen LogP contribution in [0.2, 0.25) is 5.02 Å². The fourth-order valence-electron chi connectivity index (χ4n) is 3.90. The normalized spacial score (nSPS) is 26.0. The van der Waals surface area contributed by atoms with Crippen molar-refractivity contribution >= 4 is 29.1 Å². The molecule has 1 heterocycles. The van der Waals surface area contributed by atoms with E-state index in [1.807, 2.05) is 13.8 Å². The summed E-state index contributed by atoms with van der Waals surface area (Å²) in [5.74, 6) is -1.95. The Hall–Kier alpha value is -1.94. The number of benzene rings is 1. The van der Waals surface area contributed by atoms with E-state index in [1.54, 1.807) is 31.2 Å². The number of Topliss-reactive ketones (excluding diaryl/α,β-unsaturated/α-hetero) is 1. The molecule has 1 aliphatic heterocycles. The predicted octanol–water partition coefficient (Wildman–Crippen LogP) is 4.24. The van der Waals surface area contributed by atoms with Crippen molar-refractivity contribution in [3.8, 4) is 0 Å². The van der Waals surface area contributed by atoms with Gasteiger partial charge in [0, 0.05) is 28.8 Å². The van der Waals surface area contributed by atoms with Gasteiger partial charge in [-0.1, -0.05) is 37.6 Å². The van der Waals surface area contributed by atoms with Gasteiger partial charge >= 0.3 is 5.97 Å². The fraction of sp³-hybridized carbons (Fsp3) is 0.421. The molecule has 0 saturated heterocycles. The van der Waals surface area contributed by atoms with Crippen molar-refractivity contribution in [2.75, 3.05) is 0 Å². The number of aliphatic imine (C=N–C) groups is 1. The smallest absolute Gasteiger partial charge is 0.334 e. The molecular formula is C19H20ClNO3. The molecule has 3 rings (SSSR count). The quantitative estimate of drug-likeness (QED) is 0.871. The molecule has 1 N–H and O–H groups in total. The van der Waals surface area contributed by atoms with Crippen LogP contribution in [0, 0.1) is 11.3 Å². The van der Waals surface area contributed by atoms with Crippen LogP contribution in [0.4, 0.5) is 0 Å². The molecule has 1 aromatic carbocycles. The number of carboxylic acid groups (broad SMARTS) is 1. The minimum Gasteiger partial charge on any atom is -0.478 e. The lowest BCUT2D eigenvalue weighted by Crippen LogP contribution is -2.43. The molecule has 2 unspecified atom stereocenters. The van der Waals surface area contributed by atoms with E-state index < -0.39 is 17.8 Å². The molecule has 0 amide bonds. The van der Waals surface area contributed by atoms with E-state index in [0.29, 0.717) is 23.6 Å². The second-order valence-electron chi connectivity index (χ2n) is 7.40. The van der Waals surface area contributed by atoms with E-state index in [-0.39, 0.29) is 16.8 Å². The van der Waals surface area contributed by atoms with Gasteiger partial charge in [0.05, 0.1) is 11.5 Å². The van der Waals surface area contributed by atoms with Gasteiger partial charge in [0.15, 0.2) is 0 Å². The standard InChI is InChI=1S/C19H20ClNO3/c1-10-15(18(23)24)16(11-4-6-12(20)7-5-11)17-13(21-10)8-19(2,3)9-14(17)22/h4-7,16-17H,8-9H2,1-3H3,(H,23,24). The van der Waals surface area contributed by atoms with Crippen LogP contribution in [-0.4, -0.2) is 22.6 Å². The lowest BCUT2D eigenvalue weighted by atomic mass is 9.63. The summed E-state index contributed by atoms with van der Waals surface area (Å²) in [6.45, 7) is 5.81. The van der Waals surface area contributed by atoms with Gasteiger partial charge in [0.25, 0.3) is 0 Å². The third kappa shape index (κ3) is 2.91. The van der Waals surface area contributed by atoms with Gasteiger partial charge in [-0.25, -0.2) is 4.79 Å². The predicted molar refractivity (Wildman–Crippen MR) is 93.5 cm³/mol. The van der Waals surface area contributed by atoms with Crippen LogP contribution in [0.1, 0.15) is 45.1 Å². The van der Waals surface area contributed by atoms with E-state index in [2.05, 4.69) is 4.99 Å². The van der Waals surface area contributed by atoms with E-state index in [9.17, 15) is 14.7 Å². The lowest BCUT2D eigenvalue weighted by Gasteiger charge is -2.40. The Morgan fingerprint density at radius 3 is 2.42 bits per heavy atom. The van der Waals surface area contributed by atoms with Crippen molar-refractivity contribution in [1.29, 1.82) is 0 Å². The summed E-state index contributed by atoms with van der Waals surface area (Å²) in [6.07, 6.45) is 1.14. The van der Waals surface area contributed by atoms with Crippen LogP contribution >= 0.6 is 11.6 Å². The molecule has 0 spiro atoms. The van der Waals surface area contributed by atoms with Crippen LogP contribution in [0.25, 0.3) is 0 Å². The molecule has 1 saturated carbocycles. The van der Waals surface area contributed by atoms with Crippen LogP contribution in [0.5, 0.6) is 0 Å². The number of carboxylic acids is 1. The first-order valence-corrected chi connectivity index (χ1v) is 8.37. The molecule has 24 heavy (non-hydrogen) atoms. The van der Waals surface area contributed by atoms with Gasteiger partial charge in [-0.2, -0.15) is 0 Å². The molecule has 1 aliphatic carbocycles. The fourth-order valence-corrected chi connectivity index (χ4v) is 4.03. The van der Waals surface area contributed by atoms with E-state index in [4.69, 9.17) is 11.6 Å². The van der Waals surface area contributed by atoms with Gasteiger partial charge < -0.3 is 5.11 Å². The number of ketones is 1. The molecule has 126 valence electrons. The molecule has 0 bridgehead atoms. The molecule has 5 heteroatoms. The lowest BCUT2D eigenvalue weighted by molar-refractivity contribution is -0.133. The van der Waals surface area contributed by atoms with Crippen LogP contribution in [-0.2, 0) is 9.59 Å². The molecule has 0 radical (unpaired) electrons. The zero-order valence-electron chi connectivity index (χ0n) is 14.0. The number of aliphatic carboxylic acids is 1. The average Bonchev–Trinajstić information content (AvgIpc) is 2.44. The van der Waals surface area contributed by atoms with Gasteiger partial charge in [-0.3, -0.25) is 9.79 Å². The summed E-state index contributed by atoms with van der Waals surface area (Å²) in [4.78, 5) is 29.2. The highest BCUT2D eigenvalue weighted by molar-refractivity contribution is 6.30. The summed E-state index contributed by atoms with van der Waals surface area (Å²) in [5.41, 5.74) is 2.15. The van der Waals surface area contributed by atoms with Crippen LogP contribution < -0.4 is 0 Å². The van der Waals surface area contributed by atoms with E-state index >= 15 is 0 Å². The topological polar surface area (TPSA) is 66.7 Å². The number of nitrogens with zero attached hydrogens (tertiary/aromatic N) is 1. The van der Waals surface area contributed by atoms with Crippen molar-refractivity contribution in [2.45, 2.75) is 39.5 Å². The first kappa shape index (κ1) is 16.9. The highest BCUT2D eigenvalue weighted by Gasteiger charge is 2.47. The van der Waals surface area contributed by atoms with Crippen molar-refractivity contribution in [3.05, 3.63) is 46.1 Å². The largest absolute Gasteiger partial charge is 0.478 e. The first-order chi connectivity index (χ1) is 11.2. The Morgan fingerprint density at radius 2 is 1.83 bits per heavy atom. The minimum absolute atomic E-state index is 0.0659. The maximum atomic E-state index is 12.8. The zero-order valence-corrected chi connectivity index (χ0v) is 14.7. The van der Waals surface area contributed by atoms with Gasteiger partial charge in [0.1, 0.15) is 5.78 Å².